The molecule has 2 aromatic rings. The molecule has 116 valence electrons. The molecule has 3 atom stereocenters. The van der Waals surface area contributed by atoms with Crippen molar-refractivity contribution in [2.45, 2.75) is 31.7 Å². The van der Waals surface area contributed by atoms with Gasteiger partial charge in [0.15, 0.2) is 0 Å². The normalized spacial score (nSPS) is 16.0. The number of amidine groups is 1. The molecule has 0 heterocycles. The Bertz CT molecular complexity index is 593. The molecule has 0 aliphatic heterocycles. The van der Waals surface area contributed by atoms with Gasteiger partial charge >= 0.3 is 0 Å². The molecule has 2 N–H and O–H groups in total. The fraction of sp³-hybridized carbons (Fsp3) is 0.316. The molecule has 2 rings (SSSR count). The highest BCUT2D eigenvalue weighted by Crippen LogP contribution is 2.33. The quantitative estimate of drug-likeness (QED) is 0.465. The molecule has 0 fully saturated rings. The third kappa shape index (κ3) is 4.11. The molecular formula is C19H23ClN2. The molecular weight excluding hydrogens is 292 g/mol. The molecule has 0 spiro atoms. The van der Waals surface area contributed by atoms with Crippen molar-refractivity contribution in [1.29, 1.82) is 0 Å². The van der Waals surface area contributed by atoms with Crippen LogP contribution in [-0.4, -0.2) is 11.2 Å². The summed E-state index contributed by atoms with van der Waals surface area (Å²) in [5, 5.41) is 0.0301. The molecule has 2 aromatic carbocycles. The maximum Gasteiger partial charge on any atom is 0.126 e. The van der Waals surface area contributed by atoms with Crippen LogP contribution in [0.4, 0.5) is 0 Å². The van der Waals surface area contributed by atoms with E-state index in [-0.39, 0.29) is 17.3 Å². The van der Waals surface area contributed by atoms with Crippen molar-refractivity contribution in [3.8, 4) is 0 Å². The summed E-state index contributed by atoms with van der Waals surface area (Å²) in [4.78, 5) is 4.82. The van der Waals surface area contributed by atoms with Gasteiger partial charge in [0.25, 0.3) is 0 Å². The zero-order chi connectivity index (χ0) is 15.9. The van der Waals surface area contributed by atoms with Gasteiger partial charge < -0.3 is 5.73 Å². The van der Waals surface area contributed by atoms with Crippen molar-refractivity contribution < 1.29 is 0 Å². The smallest absolute Gasteiger partial charge is 0.126 e. The van der Waals surface area contributed by atoms with Crippen LogP contribution >= 0.6 is 11.6 Å². The Balaban J connectivity index is 2.40. The lowest BCUT2D eigenvalue weighted by Gasteiger charge is -2.26. The number of alkyl halides is 1. The van der Waals surface area contributed by atoms with Gasteiger partial charge in [-0.05, 0) is 18.9 Å². The second-order valence-electron chi connectivity index (χ2n) is 5.49. The first-order chi connectivity index (χ1) is 10.6. The van der Waals surface area contributed by atoms with Gasteiger partial charge in [0.2, 0.25) is 0 Å². The predicted octanol–water partition coefficient (Wildman–Crippen LogP) is 4.79. The Morgan fingerprint density at radius 1 is 1.05 bits per heavy atom. The van der Waals surface area contributed by atoms with Crippen molar-refractivity contribution in [1.82, 2.24) is 0 Å². The fourth-order valence-electron chi connectivity index (χ4n) is 2.70. The van der Waals surface area contributed by atoms with Crippen molar-refractivity contribution in [2.24, 2.45) is 16.6 Å². The SMILES string of the molecule is CCC(C(C)Cl)C(N=C(N)c1ccccc1)c1ccccc1. The minimum absolute atomic E-state index is 0.0288. The Morgan fingerprint density at radius 3 is 2.09 bits per heavy atom. The first-order valence-corrected chi connectivity index (χ1v) is 8.14. The van der Waals surface area contributed by atoms with Gasteiger partial charge in [-0.3, -0.25) is 4.99 Å². The second-order valence-corrected chi connectivity index (χ2v) is 6.17. The standard InChI is InChI=1S/C19H23ClN2/c1-3-17(14(2)20)18(15-10-6-4-7-11-15)22-19(21)16-12-8-5-9-13-16/h4-14,17-18H,3H2,1-2H3,(H2,21,22). The molecule has 0 aliphatic carbocycles. The number of nitrogens with two attached hydrogens (primary N) is 1. The van der Waals surface area contributed by atoms with Gasteiger partial charge in [0, 0.05) is 16.9 Å². The Kier molecular flexibility index (Phi) is 6.02. The van der Waals surface area contributed by atoms with Gasteiger partial charge in [0.1, 0.15) is 5.84 Å². The lowest BCUT2D eigenvalue weighted by Crippen LogP contribution is -2.23. The zero-order valence-electron chi connectivity index (χ0n) is 13.1. The van der Waals surface area contributed by atoms with Gasteiger partial charge in [-0.15, -0.1) is 11.6 Å². The number of aliphatic imine (C=N–C) groups is 1. The topological polar surface area (TPSA) is 38.4 Å². The summed E-state index contributed by atoms with van der Waals surface area (Å²) < 4.78 is 0. The van der Waals surface area contributed by atoms with Crippen LogP contribution in [-0.2, 0) is 0 Å². The van der Waals surface area contributed by atoms with E-state index in [1.54, 1.807) is 0 Å². The Hall–Kier alpha value is -1.80. The van der Waals surface area contributed by atoms with Crippen LogP contribution in [0.1, 0.15) is 37.4 Å². The van der Waals surface area contributed by atoms with Crippen LogP contribution in [0.5, 0.6) is 0 Å². The number of hydrogen-bond acceptors (Lipinski definition) is 1. The maximum atomic E-state index is 6.41. The van der Waals surface area contributed by atoms with E-state index in [1.807, 2.05) is 55.5 Å². The Morgan fingerprint density at radius 2 is 1.59 bits per heavy atom. The average Bonchev–Trinajstić information content (AvgIpc) is 2.55. The number of hydrogen-bond donors (Lipinski definition) is 1. The fourth-order valence-corrected chi connectivity index (χ4v) is 3.02. The summed E-state index contributed by atoms with van der Waals surface area (Å²) in [5.74, 6) is 0.802. The number of nitrogens with zero attached hydrogens (tertiary/aromatic N) is 1. The van der Waals surface area contributed by atoms with Crippen molar-refractivity contribution in [3.05, 3.63) is 71.8 Å². The average molecular weight is 315 g/mol. The second kappa shape index (κ2) is 8.00. The number of rotatable bonds is 6. The molecule has 3 unspecified atom stereocenters. The van der Waals surface area contributed by atoms with Crippen LogP contribution in [0.25, 0.3) is 0 Å². The monoisotopic (exact) mass is 314 g/mol. The lowest BCUT2D eigenvalue weighted by atomic mass is 9.89. The van der Waals surface area contributed by atoms with E-state index in [1.165, 1.54) is 0 Å². The van der Waals surface area contributed by atoms with Crippen molar-refractivity contribution in [3.63, 3.8) is 0 Å². The summed E-state index contributed by atoms with van der Waals surface area (Å²) in [7, 11) is 0. The van der Waals surface area contributed by atoms with Crippen molar-refractivity contribution >= 4 is 17.4 Å². The molecule has 0 bridgehead atoms. The number of benzene rings is 2. The van der Waals surface area contributed by atoms with Crippen LogP contribution in [0.2, 0.25) is 0 Å². The summed E-state index contributed by atoms with van der Waals surface area (Å²) in [6.07, 6.45) is 0.954. The van der Waals surface area contributed by atoms with Gasteiger partial charge in [-0.1, -0.05) is 67.6 Å². The first-order valence-electron chi connectivity index (χ1n) is 7.71. The highest BCUT2D eigenvalue weighted by atomic mass is 35.5. The van der Waals surface area contributed by atoms with E-state index in [9.17, 15) is 0 Å². The van der Waals surface area contributed by atoms with E-state index in [4.69, 9.17) is 22.3 Å². The van der Waals surface area contributed by atoms with E-state index < -0.39 is 0 Å². The van der Waals surface area contributed by atoms with Gasteiger partial charge in [-0.2, -0.15) is 0 Å². The van der Waals surface area contributed by atoms with E-state index in [0.717, 1.165) is 17.5 Å². The van der Waals surface area contributed by atoms with E-state index in [2.05, 4.69) is 19.1 Å². The minimum Gasteiger partial charge on any atom is -0.383 e. The summed E-state index contributed by atoms with van der Waals surface area (Å²) in [6.45, 7) is 4.17. The minimum atomic E-state index is -0.0288. The van der Waals surface area contributed by atoms with Crippen LogP contribution < -0.4 is 5.73 Å². The first kappa shape index (κ1) is 16.6. The molecule has 0 aliphatic rings. The molecule has 22 heavy (non-hydrogen) atoms. The molecule has 0 radical (unpaired) electrons. The molecule has 0 saturated heterocycles. The largest absolute Gasteiger partial charge is 0.383 e. The number of halogens is 1. The summed E-state index contributed by atoms with van der Waals surface area (Å²) in [6, 6.07) is 20.1. The van der Waals surface area contributed by atoms with Gasteiger partial charge in [0.05, 0.1) is 6.04 Å². The lowest BCUT2D eigenvalue weighted by molar-refractivity contribution is 0.413. The molecule has 3 heteroatoms. The van der Waals surface area contributed by atoms with E-state index in [0.29, 0.717) is 5.84 Å². The maximum absolute atomic E-state index is 6.41. The highest BCUT2D eigenvalue weighted by molar-refractivity contribution is 6.20. The third-order valence-corrected chi connectivity index (χ3v) is 4.28. The van der Waals surface area contributed by atoms with Gasteiger partial charge in [-0.25, -0.2) is 0 Å². The van der Waals surface area contributed by atoms with Crippen LogP contribution in [0, 0.1) is 5.92 Å². The predicted molar refractivity (Wildman–Crippen MR) is 95.4 cm³/mol. The summed E-state index contributed by atoms with van der Waals surface area (Å²) in [5.41, 5.74) is 8.33. The van der Waals surface area contributed by atoms with E-state index >= 15 is 0 Å². The summed E-state index contributed by atoms with van der Waals surface area (Å²) >= 11 is 6.41. The third-order valence-electron chi connectivity index (χ3n) is 3.96. The molecule has 2 nitrogen and oxygen atoms in total. The van der Waals surface area contributed by atoms with Crippen LogP contribution in [0.3, 0.4) is 0 Å². The van der Waals surface area contributed by atoms with Crippen LogP contribution in [0.15, 0.2) is 65.7 Å². The molecule has 0 amide bonds. The Labute approximate surface area is 138 Å². The molecule has 0 aromatic heterocycles. The van der Waals surface area contributed by atoms with Crippen molar-refractivity contribution in [2.75, 3.05) is 0 Å². The highest BCUT2D eigenvalue weighted by Gasteiger charge is 2.25. The zero-order valence-corrected chi connectivity index (χ0v) is 13.9. The molecule has 0 saturated carbocycles.